The van der Waals surface area contributed by atoms with Crippen LogP contribution >= 0.6 is 0 Å². The first-order valence-electron chi connectivity index (χ1n) is 17.4. The quantitative estimate of drug-likeness (QED) is 0.226. The molecule has 0 N–H and O–H groups in total. The third-order valence-corrected chi connectivity index (χ3v) is 7.43. The average Bonchev–Trinajstić information content (AvgIpc) is 3.51. The molecule has 0 bridgehead atoms. The Morgan fingerprint density at radius 1 is 0.658 bits per heavy atom. The van der Waals surface area contributed by atoms with Gasteiger partial charge in [0.1, 0.15) is 11.2 Å². The summed E-state index contributed by atoms with van der Waals surface area (Å²) < 4.78 is 108. The fourth-order valence-corrected chi connectivity index (χ4v) is 4.68. The van der Waals surface area contributed by atoms with Gasteiger partial charge in [-0.2, -0.15) is 0 Å². The first-order chi connectivity index (χ1) is 22.5. The highest BCUT2D eigenvalue weighted by Crippen LogP contribution is 2.39. The van der Waals surface area contributed by atoms with Gasteiger partial charge in [-0.25, -0.2) is 0 Å². The van der Waals surface area contributed by atoms with E-state index in [0.29, 0.717) is 22.1 Å². The van der Waals surface area contributed by atoms with Crippen molar-refractivity contribution in [1.29, 1.82) is 0 Å². The highest BCUT2D eigenvalue weighted by atomic mass is 16.7. The molecular weight excluding hydrogens is 467 g/mol. The van der Waals surface area contributed by atoms with Gasteiger partial charge in [0.2, 0.25) is 0 Å². The predicted molar refractivity (Wildman–Crippen MR) is 158 cm³/mol. The molecule has 0 saturated carbocycles. The van der Waals surface area contributed by atoms with Gasteiger partial charge in [0.05, 0.1) is 24.9 Å². The number of para-hydroxylation sites is 1. The number of fused-ring (bicyclic) bond motifs is 4. The summed E-state index contributed by atoms with van der Waals surface area (Å²) in [6.45, 7) is 7.16. The summed E-state index contributed by atoms with van der Waals surface area (Å²) in [6.07, 6.45) is 0. The van der Waals surface area contributed by atoms with Crippen LogP contribution in [0.2, 0.25) is 0 Å². The maximum absolute atomic E-state index is 9.25. The summed E-state index contributed by atoms with van der Waals surface area (Å²) in [5.41, 5.74) is -1.00. The Morgan fingerprint density at radius 2 is 1.32 bits per heavy atom. The molecule has 0 unspecified atom stereocenters. The van der Waals surface area contributed by atoms with E-state index in [4.69, 9.17) is 24.7 Å². The lowest BCUT2D eigenvalue weighted by molar-refractivity contribution is 0.00578. The number of hydrogen-bond donors (Lipinski definition) is 0. The zero-order chi connectivity index (χ0) is 34.8. The highest BCUT2D eigenvalue weighted by molar-refractivity contribution is 6.62. The molecule has 1 aromatic heterocycles. The lowest BCUT2D eigenvalue weighted by Crippen LogP contribution is -2.41. The standard InChI is InChI=1S/C34H29BO3/c1-33(2)34(3,4)38-35(37-33)27-10-7-9-22(21-27)23-15-16-25-20-26(18-17-24(25)19-23)28-12-8-14-31-32(28)29-11-5-6-13-30(29)36-31/h5-21H,1-4H3/i7D,9D,10D,15D,16D,17D,18D,19D,20D,21D. The molecule has 38 heavy (non-hydrogen) atoms. The summed E-state index contributed by atoms with van der Waals surface area (Å²) in [6, 6.07) is 7.55. The van der Waals surface area contributed by atoms with Crippen molar-refractivity contribution in [1.82, 2.24) is 0 Å². The van der Waals surface area contributed by atoms with Crippen LogP contribution in [-0.2, 0) is 9.31 Å². The molecule has 1 saturated heterocycles. The summed E-state index contributed by atoms with van der Waals surface area (Å²) in [5, 5.41) is 0.916. The smallest absolute Gasteiger partial charge is 0.456 e. The minimum Gasteiger partial charge on any atom is -0.456 e. The van der Waals surface area contributed by atoms with Crippen molar-refractivity contribution in [3.63, 3.8) is 0 Å². The lowest BCUT2D eigenvalue weighted by Gasteiger charge is -2.32. The molecule has 0 amide bonds. The van der Waals surface area contributed by atoms with Crippen LogP contribution in [0.4, 0.5) is 0 Å². The Kier molecular flexibility index (Phi) is 3.27. The van der Waals surface area contributed by atoms with E-state index < -0.39 is 66.7 Å². The third kappa shape index (κ3) is 3.67. The molecule has 0 atom stereocenters. The van der Waals surface area contributed by atoms with Crippen molar-refractivity contribution in [2.75, 3.05) is 0 Å². The molecule has 1 fully saturated rings. The van der Waals surface area contributed by atoms with Gasteiger partial charge < -0.3 is 13.7 Å². The SMILES string of the molecule is [2H]c1c([2H])c(B2OC(C)(C)C(C)(C)O2)c([2H])c(-c2c([2H])c([2H])c3c([2H])c(-c4cccc5oc6ccccc6c45)c([2H])c([2H])c3c2[2H])c1[2H]. The first-order valence-corrected chi connectivity index (χ1v) is 12.4. The van der Waals surface area contributed by atoms with Crippen LogP contribution in [0.3, 0.4) is 0 Å². The zero-order valence-corrected chi connectivity index (χ0v) is 21.3. The van der Waals surface area contributed by atoms with Gasteiger partial charge in [-0.05, 0) is 90.4 Å². The van der Waals surface area contributed by atoms with Gasteiger partial charge in [-0.3, -0.25) is 0 Å². The summed E-state index contributed by atoms with van der Waals surface area (Å²) in [4.78, 5) is 0. The topological polar surface area (TPSA) is 31.6 Å². The minimum atomic E-state index is -1.26. The molecule has 1 aliphatic rings. The molecular formula is C34H29BO3. The van der Waals surface area contributed by atoms with Crippen LogP contribution in [0.25, 0.3) is 55.0 Å². The number of benzene rings is 5. The number of hydrogen-bond acceptors (Lipinski definition) is 3. The van der Waals surface area contributed by atoms with E-state index >= 15 is 0 Å². The van der Waals surface area contributed by atoms with Crippen LogP contribution in [-0.4, -0.2) is 18.3 Å². The van der Waals surface area contributed by atoms with Crippen LogP contribution in [0.1, 0.15) is 41.4 Å². The Bertz CT molecular complexity index is 2370. The second-order valence-corrected chi connectivity index (χ2v) is 10.4. The molecule has 7 rings (SSSR count). The van der Waals surface area contributed by atoms with Crippen molar-refractivity contribution < 1.29 is 27.4 Å². The van der Waals surface area contributed by atoms with E-state index in [1.807, 2.05) is 18.2 Å². The second kappa shape index (κ2) is 8.32. The van der Waals surface area contributed by atoms with Gasteiger partial charge in [-0.15, -0.1) is 0 Å². The highest BCUT2D eigenvalue weighted by Gasteiger charge is 2.51. The van der Waals surface area contributed by atoms with Crippen LogP contribution < -0.4 is 5.46 Å². The van der Waals surface area contributed by atoms with Crippen molar-refractivity contribution in [3.05, 3.63) is 103 Å². The fourth-order valence-electron chi connectivity index (χ4n) is 4.68. The monoisotopic (exact) mass is 506 g/mol. The van der Waals surface area contributed by atoms with Crippen LogP contribution in [0, 0.1) is 0 Å². The Labute approximate surface area is 237 Å². The van der Waals surface area contributed by atoms with Gasteiger partial charge >= 0.3 is 7.12 Å². The Morgan fingerprint density at radius 3 is 2.11 bits per heavy atom. The predicted octanol–water partition coefficient (Wildman–Crippen LogP) is 8.37. The third-order valence-electron chi connectivity index (χ3n) is 7.43. The van der Waals surface area contributed by atoms with E-state index in [0.717, 1.165) is 5.39 Å². The molecule has 0 spiro atoms. The normalized spacial score (nSPS) is 20.3. The largest absolute Gasteiger partial charge is 0.494 e. The first kappa shape index (κ1) is 14.9. The Hall–Kier alpha value is -3.86. The molecule has 0 radical (unpaired) electrons. The van der Waals surface area contributed by atoms with E-state index in [-0.39, 0.29) is 45.0 Å². The van der Waals surface area contributed by atoms with E-state index in [1.165, 1.54) is 0 Å². The van der Waals surface area contributed by atoms with Gasteiger partial charge in [0, 0.05) is 10.8 Å². The lowest BCUT2D eigenvalue weighted by atomic mass is 9.78. The van der Waals surface area contributed by atoms with E-state index in [2.05, 4.69) is 0 Å². The zero-order valence-electron chi connectivity index (χ0n) is 31.3. The average molecular weight is 506 g/mol. The molecule has 5 aromatic carbocycles. The molecule has 186 valence electrons. The van der Waals surface area contributed by atoms with Crippen molar-refractivity contribution >= 4 is 45.3 Å². The van der Waals surface area contributed by atoms with Crippen molar-refractivity contribution in [2.24, 2.45) is 0 Å². The summed E-state index contributed by atoms with van der Waals surface area (Å²) in [7, 11) is -1.26. The molecule has 4 heteroatoms. The molecule has 2 heterocycles. The summed E-state index contributed by atoms with van der Waals surface area (Å²) >= 11 is 0. The summed E-state index contributed by atoms with van der Waals surface area (Å²) in [5.74, 6) is 0. The maximum Gasteiger partial charge on any atom is 0.494 e. The van der Waals surface area contributed by atoms with Gasteiger partial charge in [0.25, 0.3) is 0 Å². The van der Waals surface area contributed by atoms with Crippen molar-refractivity contribution in [3.8, 4) is 22.3 Å². The Balaban J connectivity index is 1.53. The molecule has 3 nitrogen and oxygen atoms in total. The van der Waals surface area contributed by atoms with E-state index in [9.17, 15) is 2.74 Å². The minimum absolute atomic E-state index is 0.0436. The number of furan rings is 1. The molecule has 1 aliphatic heterocycles. The molecule has 6 aromatic rings. The van der Waals surface area contributed by atoms with Crippen molar-refractivity contribution in [2.45, 2.75) is 38.9 Å². The van der Waals surface area contributed by atoms with Crippen LogP contribution in [0.5, 0.6) is 0 Å². The fraction of sp³-hybridized carbons (Fsp3) is 0.176. The maximum atomic E-state index is 9.25. The second-order valence-electron chi connectivity index (χ2n) is 10.4. The van der Waals surface area contributed by atoms with Crippen LogP contribution in [0.15, 0.2) is 107 Å². The van der Waals surface area contributed by atoms with Gasteiger partial charge in [0.15, 0.2) is 0 Å². The number of rotatable bonds is 3. The van der Waals surface area contributed by atoms with Gasteiger partial charge in [-0.1, -0.05) is 78.7 Å². The molecule has 0 aliphatic carbocycles. The van der Waals surface area contributed by atoms with E-state index in [1.54, 1.807) is 52.0 Å².